The summed E-state index contributed by atoms with van der Waals surface area (Å²) >= 11 is 7.99. The Balaban J connectivity index is 1.93. The van der Waals surface area contributed by atoms with Gasteiger partial charge in [0.15, 0.2) is 11.5 Å². The molecule has 1 saturated carbocycles. The van der Waals surface area contributed by atoms with Gasteiger partial charge in [-0.2, -0.15) is 0 Å². The Hall–Kier alpha value is -2.22. The second-order valence-corrected chi connectivity index (χ2v) is 9.43. The first-order valence-corrected chi connectivity index (χ1v) is 11.6. The summed E-state index contributed by atoms with van der Waals surface area (Å²) in [5.74, 6) is 2.20. The van der Waals surface area contributed by atoms with E-state index in [1.54, 1.807) is 36.9 Å². The summed E-state index contributed by atoms with van der Waals surface area (Å²) in [6.45, 7) is -0.0380. The highest BCUT2D eigenvalue weighted by Gasteiger charge is 2.40. The van der Waals surface area contributed by atoms with E-state index < -0.39 is 0 Å². The minimum atomic E-state index is -0.295. The normalized spacial score (nSPS) is 20.8. The fourth-order valence-corrected chi connectivity index (χ4v) is 5.65. The van der Waals surface area contributed by atoms with Gasteiger partial charge in [0, 0.05) is 23.1 Å². The average Bonchev–Trinajstić information content (AvgIpc) is 3.62. The molecule has 3 N–H and O–H groups in total. The highest BCUT2D eigenvalue weighted by Crippen LogP contribution is 2.52. The smallest absolute Gasteiger partial charge is 0.165 e. The molecule has 0 amide bonds. The number of methoxy groups -OCH3 is 2. The van der Waals surface area contributed by atoms with Crippen LogP contribution in [-0.4, -0.2) is 42.9 Å². The first-order valence-electron chi connectivity index (χ1n) is 10.2. The molecule has 0 aromatic heterocycles. The number of amidine groups is 2. The maximum Gasteiger partial charge on any atom is 0.165 e. The lowest BCUT2D eigenvalue weighted by Gasteiger charge is -2.28. The Kier molecular flexibility index (Phi) is 6.46. The van der Waals surface area contributed by atoms with Crippen molar-refractivity contribution in [2.75, 3.05) is 25.7 Å². The van der Waals surface area contributed by atoms with Gasteiger partial charge in [0.05, 0.1) is 30.4 Å². The van der Waals surface area contributed by atoms with E-state index in [4.69, 9.17) is 31.9 Å². The first kappa shape index (κ1) is 22.0. The lowest BCUT2D eigenvalue weighted by molar-refractivity contribution is 0.292. The summed E-state index contributed by atoms with van der Waals surface area (Å²) in [5, 5.41) is 27.6. The minimum absolute atomic E-state index is 0.0380. The van der Waals surface area contributed by atoms with E-state index in [0.717, 1.165) is 29.7 Å². The van der Waals surface area contributed by atoms with Crippen LogP contribution in [0, 0.1) is 16.7 Å². The molecule has 0 radical (unpaired) electrons. The zero-order chi connectivity index (χ0) is 22.1. The van der Waals surface area contributed by atoms with Crippen molar-refractivity contribution in [3.05, 3.63) is 52.5 Å². The number of nitrogens with zero attached hydrogens (tertiary/aromatic N) is 1. The number of hydrogen-bond donors (Lipinski definition) is 3. The van der Waals surface area contributed by atoms with Gasteiger partial charge in [-0.15, -0.1) is 11.8 Å². The largest absolute Gasteiger partial charge is 0.493 e. The van der Waals surface area contributed by atoms with Gasteiger partial charge in [0.25, 0.3) is 0 Å². The van der Waals surface area contributed by atoms with Crippen molar-refractivity contribution in [3.63, 3.8) is 0 Å². The van der Waals surface area contributed by atoms with E-state index in [1.165, 1.54) is 0 Å². The van der Waals surface area contributed by atoms with Crippen molar-refractivity contribution in [2.45, 2.75) is 29.8 Å². The van der Waals surface area contributed by atoms with Crippen molar-refractivity contribution >= 4 is 40.7 Å². The summed E-state index contributed by atoms with van der Waals surface area (Å²) in [6.07, 6.45) is 2.36. The number of para-hydroxylation sites is 1. The van der Waals surface area contributed by atoms with Gasteiger partial charge in [-0.05, 0) is 49.1 Å². The molecule has 1 heterocycles. The number of nitrogens with one attached hydrogen (secondary N) is 2. The number of ether oxygens (including phenoxy) is 2. The number of fused-ring (bicyclic) bond motifs is 1. The quantitative estimate of drug-likeness (QED) is 0.412. The van der Waals surface area contributed by atoms with E-state index >= 15 is 0 Å². The number of benzene rings is 2. The van der Waals surface area contributed by atoms with Crippen LogP contribution in [0.5, 0.6) is 11.5 Å². The van der Waals surface area contributed by atoms with E-state index in [2.05, 4.69) is 0 Å². The molecule has 0 saturated heterocycles. The Bertz CT molecular complexity index is 1010. The minimum Gasteiger partial charge on any atom is -0.493 e. The molecule has 2 aliphatic rings. The summed E-state index contributed by atoms with van der Waals surface area (Å²) in [5.41, 5.74) is 2.61. The Labute approximate surface area is 191 Å². The van der Waals surface area contributed by atoms with Crippen LogP contribution < -0.4 is 14.4 Å². The maximum absolute atomic E-state index is 9.73. The zero-order valence-electron chi connectivity index (χ0n) is 17.5. The Morgan fingerprint density at radius 1 is 1.19 bits per heavy atom. The van der Waals surface area contributed by atoms with Gasteiger partial charge < -0.3 is 14.6 Å². The molecule has 0 bridgehead atoms. The highest BCUT2D eigenvalue weighted by molar-refractivity contribution is 8.01. The number of halogens is 1. The average molecular weight is 460 g/mol. The standard InChI is InChI=1S/C23H26ClN3O3S/c1-29-18-5-3-4-15(20(18)30-2)21-16-12-14(24)8-9-17(16)27(22(25)13-6-7-13)23(26)19(31-21)10-11-28/h3-5,8-9,12-13,19,21,25-26,28H,6-7,10-11H2,1-2H3/t19-,21-/m1/s1. The van der Waals surface area contributed by atoms with Crippen molar-refractivity contribution < 1.29 is 14.6 Å². The SMILES string of the molecule is COc1cccc([C@H]2S[C@H](CCO)C(=N)N(C(=N)C3CC3)c3ccc(Cl)cc32)c1OC. The van der Waals surface area contributed by atoms with Crippen LogP contribution in [0.25, 0.3) is 0 Å². The van der Waals surface area contributed by atoms with E-state index in [0.29, 0.717) is 34.6 Å². The summed E-state index contributed by atoms with van der Waals surface area (Å²) < 4.78 is 11.2. The molecule has 2 atom stereocenters. The lowest BCUT2D eigenvalue weighted by Crippen LogP contribution is -2.42. The van der Waals surface area contributed by atoms with Crippen LogP contribution in [-0.2, 0) is 0 Å². The molecule has 6 nitrogen and oxygen atoms in total. The van der Waals surface area contributed by atoms with Crippen LogP contribution in [0.15, 0.2) is 36.4 Å². The molecule has 2 aromatic rings. The summed E-state index contributed by atoms with van der Waals surface area (Å²) in [7, 11) is 3.22. The fraction of sp³-hybridized carbons (Fsp3) is 0.391. The predicted octanol–water partition coefficient (Wildman–Crippen LogP) is 5.12. The van der Waals surface area contributed by atoms with Gasteiger partial charge in [0.1, 0.15) is 11.7 Å². The van der Waals surface area contributed by atoms with Crippen LogP contribution in [0.2, 0.25) is 5.02 Å². The monoisotopic (exact) mass is 459 g/mol. The van der Waals surface area contributed by atoms with Crippen molar-refractivity contribution in [3.8, 4) is 11.5 Å². The topological polar surface area (TPSA) is 89.6 Å². The molecule has 0 unspecified atom stereocenters. The van der Waals surface area contributed by atoms with Crippen LogP contribution in [0.1, 0.15) is 35.6 Å². The number of rotatable bonds is 6. The van der Waals surface area contributed by atoms with E-state index in [1.807, 2.05) is 30.3 Å². The van der Waals surface area contributed by atoms with Crippen LogP contribution >= 0.6 is 23.4 Å². The van der Waals surface area contributed by atoms with Crippen LogP contribution in [0.3, 0.4) is 0 Å². The van der Waals surface area contributed by atoms with Gasteiger partial charge in [0.2, 0.25) is 0 Å². The maximum atomic E-state index is 9.73. The molecule has 1 aliphatic carbocycles. The highest BCUT2D eigenvalue weighted by atomic mass is 35.5. The Morgan fingerprint density at radius 2 is 1.97 bits per heavy atom. The molecule has 0 spiro atoms. The second kappa shape index (κ2) is 9.10. The van der Waals surface area contributed by atoms with Crippen molar-refractivity contribution in [1.29, 1.82) is 10.8 Å². The first-order chi connectivity index (χ1) is 15.0. The molecule has 4 rings (SSSR count). The summed E-state index contributed by atoms with van der Waals surface area (Å²) in [4.78, 5) is 1.75. The molecule has 1 fully saturated rings. The number of aliphatic hydroxyl groups is 1. The van der Waals surface area contributed by atoms with Gasteiger partial charge in [-0.1, -0.05) is 23.7 Å². The second-order valence-electron chi connectivity index (χ2n) is 7.68. The third-order valence-corrected chi connectivity index (χ3v) is 7.47. The number of aliphatic hydroxyl groups excluding tert-OH is 1. The molecule has 1 aliphatic heterocycles. The molecule has 2 aromatic carbocycles. The fourth-order valence-electron chi connectivity index (χ4n) is 3.99. The number of anilines is 1. The zero-order valence-corrected chi connectivity index (χ0v) is 19.1. The molecule has 8 heteroatoms. The Morgan fingerprint density at radius 3 is 2.61 bits per heavy atom. The van der Waals surface area contributed by atoms with Gasteiger partial charge >= 0.3 is 0 Å². The van der Waals surface area contributed by atoms with Crippen molar-refractivity contribution in [1.82, 2.24) is 0 Å². The van der Waals surface area contributed by atoms with Crippen LogP contribution in [0.4, 0.5) is 5.69 Å². The number of thioether (sulfide) groups is 1. The number of hydrogen-bond acceptors (Lipinski definition) is 6. The van der Waals surface area contributed by atoms with E-state index in [-0.39, 0.29) is 23.0 Å². The predicted molar refractivity (Wildman–Crippen MR) is 127 cm³/mol. The van der Waals surface area contributed by atoms with Gasteiger partial charge in [-0.25, -0.2) is 0 Å². The van der Waals surface area contributed by atoms with Crippen molar-refractivity contribution in [2.24, 2.45) is 5.92 Å². The molecular weight excluding hydrogens is 434 g/mol. The third kappa shape index (κ3) is 4.14. The summed E-state index contributed by atoms with van der Waals surface area (Å²) in [6, 6.07) is 11.4. The van der Waals surface area contributed by atoms with E-state index in [9.17, 15) is 5.11 Å². The molecule has 31 heavy (non-hydrogen) atoms. The third-order valence-electron chi connectivity index (χ3n) is 5.67. The van der Waals surface area contributed by atoms with Gasteiger partial charge in [-0.3, -0.25) is 15.7 Å². The molecule has 164 valence electrons. The lowest BCUT2D eigenvalue weighted by atomic mass is 10.00. The molecular formula is C23H26ClN3O3S.